The number of hydrogen-bond donors (Lipinski definition) is 0. The minimum Gasteiger partial charge on any atom is -0.550 e. The molecule has 8 heteroatoms. The van der Waals surface area contributed by atoms with E-state index in [1.54, 1.807) is 6.07 Å². The van der Waals surface area contributed by atoms with Gasteiger partial charge in [-0.2, -0.15) is 4.39 Å². The molecule has 2 aliphatic rings. The normalized spacial score (nSPS) is 27.4. The number of nitrogens with zero attached hydrogens (tertiary/aromatic N) is 2. The molecule has 6 nitrogen and oxygen atoms in total. The van der Waals surface area contributed by atoms with E-state index in [0.717, 1.165) is 0 Å². The number of rotatable bonds is 2. The van der Waals surface area contributed by atoms with Crippen LogP contribution in [0.25, 0.3) is 0 Å². The Morgan fingerprint density at radius 1 is 1.45 bits per heavy atom. The Balaban J connectivity index is 0.00000176. The van der Waals surface area contributed by atoms with E-state index in [2.05, 4.69) is 4.98 Å². The summed E-state index contributed by atoms with van der Waals surface area (Å²) in [5.41, 5.74) is -0.646. The van der Waals surface area contributed by atoms with Crippen LogP contribution in [-0.2, 0) is 9.53 Å². The second-order valence-corrected chi connectivity index (χ2v) is 5.54. The minimum absolute atomic E-state index is 0. The molecule has 2 heterocycles. The number of aromatic nitrogens is 1. The number of amides is 1. The van der Waals surface area contributed by atoms with E-state index in [0.29, 0.717) is 25.7 Å². The first-order valence-corrected chi connectivity index (χ1v) is 6.83. The van der Waals surface area contributed by atoms with Gasteiger partial charge in [0.15, 0.2) is 0 Å². The largest absolute Gasteiger partial charge is 1.00 e. The third kappa shape index (κ3) is 2.96. The van der Waals surface area contributed by atoms with E-state index in [1.807, 2.05) is 0 Å². The molecule has 0 atom stereocenters. The van der Waals surface area contributed by atoms with Gasteiger partial charge in [-0.15, -0.1) is 0 Å². The SMILES string of the molecule is O=C([O-])C1CCC2(CC1)CN(c1cccnc1F)C(=O)O2.[Li+]. The molecule has 0 N–H and O–H groups in total. The van der Waals surface area contributed by atoms with Crippen molar-refractivity contribution in [2.45, 2.75) is 31.3 Å². The van der Waals surface area contributed by atoms with E-state index >= 15 is 0 Å². The van der Waals surface area contributed by atoms with Gasteiger partial charge in [0.05, 0.1) is 6.54 Å². The predicted molar refractivity (Wildman–Crippen MR) is 67.7 cm³/mol. The molecule has 1 amide bonds. The molecule has 0 radical (unpaired) electrons. The molecule has 2 fully saturated rings. The monoisotopic (exact) mass is 300 g/mol. The third-order valence-corrected chi connectivity index (χ3v) is 4.23. The van der Waals surface area contributed by atoms with Crippen LogP contribution in [0.3, 0.4) is 0 Å². The fourth-order valence-corrected chi connectivity index (χ4v) is 3.03. The number of hydrogen-bond acceptors (Lipinski definition) is 5. The maximum Gasteiger partial charge on any atom is 1.00 e. The Hall–Kier alpha value is -1.58. The molecular weight excluding hydrogens is 286 g/mol. The first-order chi connectivity index (χ1) is 10.0. The average molecular weight is 300 g/mol. The number of carboxylic acid groups (broad SMARTS) is 1. The van der Waals surface area contributed by atoms with Crippen LogP contribution in [0.2, 0.25) is 0 Å². The summed E-state index contributed by atoms with van der Waals surface area (Å²) in [7, 11) is 0. The molecule has 1 aromatic rings. The first kappa shape index (κ1) is 16.8. The third-order valence-electron chi connectivity index (χ3n) is 4.23. The number of halogens is 1. The number of pyridine rings is 1. The van der Waals surface area contributed by atoms with Gasteiger partial charge in [-0.1, -0.05) is 0 Å². The van der Waals surface area contributed by atoms with Crippen molar-refractivity contribution in [1.82, 2.24) is 4.98 Å². The van der Waals surface area contributed by atoms with Crippen molar-refractivity contribution in [3.05, 3.63) is 24.3 Å². The van der Waals surface area contributed by atoms with Gasteiger partial charge in [-0.05, 0) is 43.7 Å². The minimum atomic E-state index is -1.07. The molecule has 1 saturated heterocycles. The Kier molecular flexibility index (Phi) is 4.78. The standard InChI is InChI=1S/C14H15FN2O4.Li/c15-11-10(2-1-7-16-11)17-8-14(21-13(17)20)5-3-9(4-6-14)12(18)19;/h1-2,7,9H,3-6,8H2,(H,18,19);/q;+1/p-1. The van der Waals surface area contributed by atoms with Crippen LogP contribution in [-0.4, -0.2) is 29.2 Å². The number of anilines is 1. The fourth-order valence-electron chi connectivity index (χ4n) is 3.03. The van der Waals surface area contributed by atoms with Crippen molar-refractivity contribution in [3.63, 3.8) is 0 Å². The molecule has 3 rings (SSSR count). The molecule has 0 aromatic carbocycles. The number of carbonyl (C=O) groups is 2. The molecule has 0 bridgehead atoms. The zero-order valence-electron chi connectivity index (χ0n) is 12.3. The van der Waals surface area contributed by atoms with Crippen molar-refractivity contribution in [3.8, 4) is 0 Å². The Morgan fingerprint density at radius 2 is 2.14 bits per heavy atom. The zero-order valence-corrected chi connectivity index (χ0v) is 12.3. The maximum absolute atomic E-state index is 13.7. The van der Waals surface area contributed by atoms with Gasteiger partial charge in [-0.25, -0.2) is 9.78 Å². The Bertz CT molecular complexity index is 590. The Labute approximate surface area is 138 Å². The molecule has 1 saturated carbocycles. The number of ether oxygens (including phenoxy) is 1. The summed E-state index contributed by atoms with van der Waals surface area (Å²) in [5.74, 6) is -2.29. The number of aliphatic carboxylic acids is 1. The molecule has 1 aliphatic heterocycles. The molecule has 1 spiro atoms. The van der Waals surface area contributed by atoms with E-state index in [1.165, 1.54) is 17.2 Å². The van der Waals surface area contributed by atoms with E-state index in [4.69, 9.17) is 4.74 Å². The predicted octanol–water partition coefficient (Wildman–Crippen LogP) is -2.14. The van der Waals surface area contributed by atoms with Crippen LogP contribution in [0, 0.1) is 11.9 Å². The maximum atomic E-state index is 13.7. The van der Waals surface area contributed by atoms with Crippen LogP contribution >= 0.6 is 0 Å². The smallest absolute Gasteiger partial charge is 0.550 e. The molecular formula is C14H14FLiN2O4. The van der Waals surface area contributed by atoms with Gasteiger partial charge in [0, 0.05) is 12.2 Å². The Morgan fingerprint density at radius 3 is 2.73 bits per heavy atom. The van der Waals surface area contributed by atoms with E-state index in [9.17, 15) is 19.1 Å². The van der Waals surface area contributed by atoms with Crippen molar-refractivity contribution in [2.75, 3.05) is 11.4 Å². The second-order valence-electron chi connectivity index (χ2n) is 5.54. The molecule has 22 heavy (non-hydrogen) atoms. The quantitative estimate of drug-likeness (QED) is 0.460. The zero-order chi connectivity index (χ0) is 15.0. The van der Waals surface area contributed by atoms with Crippen LogP contribution < -0.4 is 28.9 Å². The topological polar surface area (TPSA) is 82.6 Å². The van der Waals surface area contributed by atoms with Crippen LogP contribution in [0.15, 0.2) is 18.3 Å². The average Bonchev–Trinajstić information content (AvgIpc) is 2.76. The van der Waals surface area contributed by atoms with Crippen LogP contribution in [0.4, 0.5) is 14.9 Å². The fraction of sp³-hybridized carbons (Fsp3) is 0.500. The van der Waals surface area contributed by atoms with Crippen molar-refractivity contribution in [1.29, 1.82) is 0 Å². The summed E-state index contributed by atoms with van der Waals surface area (Å²) in [4.78, 5) is 27.6. The van der Waals surface area contributed by atoms with Gasteiger partial charge < -0.3 is 14.6 Å². The number of carboxylic acids is 1. The van der Waals surface area contributed by atoms with Crippen LogP contribution in [0.5, 0.6) is 0 Å². The van der Waals surface area contributed by atoms with Gasteiger partial charge in [-0.3, -0.25) is 4.90 Å². The van der Waals surface area contributed by atoms with Gasteiger partial charge in [0.25, 0.3) is 0 Å². The summed E-state index contributed by atoms with van der Waals surface area (Å²) in [6.45, 7) is 0.216. The van der Waals surface area contributed by atoms with Gasteiger partial charge in [0.1, 0.15) is 11.3 Å². The second kappa shape index (κ2) is 6.27. The van der Waals surface area contributed by atoms with Crippen LogP contribution in [0.1, 0.15) is 25.7 Å². The van der Waals surface area contributed by atoms with Crippen molar-refractivity contribution in [2.24, 2.45) is 5.92 Å². The van der Waals surface area contributed by atoms with Gasteiger partial charge in [0.2, 0.25) is 5.95 Å². The van der Waals surface area contributed by atoms with Gasteiger partial charge >= 0.3 is 25.0 Å². The first-order valence-electron chi connectivity index (χ1n) is 6.83. The van der Waals surface area contributed by atoms with E-state index < -0.39 is 29.5 Å². The summed E-state index contributed by atoms with van der Waals surface area (Å²) in [6, 6.07) is 3.01. The molecule has 1 aromatic heterocycles. The van der Waals surface area contributed by atoms with Crippen molar-refractivity contribution >= 4 is 17.7 Å². The summed E-state index contributed by atoms with van der Waals surface area (Å²) in [6.07, 6.45) is 2.37. The van der Waals surface area contributed by atoms with Crippen molar-refractivity contribution < 1.29 is 42.7 Å². The molecule has 1 aliphatic carbocycles. The summed E-state index contributed by atoms with van der Waals surface area (Å²) < 4.78 is 19.1. The molecule has 0 unspecified atom stereocenters. The molecule has 112 valence electrons. The summed E-state index contributed by atoms with van der Waals surface area (Å²) >= 11 is 0. The summed E-state index contributed by atoms with van der Waals surface area (Å²) in [5, 5.41) is 10.9. The van der Waals surface area contributed by atoms with E-state index in [-0.39, 0.29) is 31.1 Å². The number of carbonyl (C=O) groups excluding carboxylic acids is 2.